The topological polar surface area (TPSA) is 101 Å². The smallest absolute Gasteiger partial charge is 0.271 e. The highest BCUT2D eigenvalue weighted by Gasteiger charge is 2.10. The van der Waals surface area contributed by atoms with E-state index < -0.39 is 0 Å². The second-order valence-corrected chi connectivity index (χ2v) is 6.25. The fourth-order valence-corrected chi connectivity index (χ4v) is 2.56. The van der Waals surface area contributed by atoms with Gasteiger partial charge < -0.3 is 14.7 Å². The molecule has 1 aromatic carbocycles. The van der Waals surface area contributed by atoms with Gasteiger partial charge in [0.25, 0.3) is 5.56 Å². The van der Waals surface area contributed by atoms with Gasteiger partial charge in [-0.25, -0.2) is 0 Å². The number of nitrogens with zero attached hydrogens (tertiary/aromatic N) is 2. The minimum Gasteiger partial charge on any atom is -0.421 e. The summed E-state index contributed by atoms with van der Waals surface area (Å²) < 4.78 is 6.27. The second kappa shape index (κ2) is 7.89. The number of aryl methyl sites for hydroxylation is 1. The van der Waals surface area contributed by atoms with E-state index in [2.05, 4.69) is 36.4 Å². The summed E-state index contributed by atoms with van der Waals surface area (Å²) in [5, 5.41) is 10.6. The SMILES string of the molecule is O=C(CCCc1nnc(-c2ccccc2)o1)Nc1cc(Br)c[nH]c1=O. The first-order valence-electron chi connectivity index (χ1n) is 7.68. The highest BCUT2D eigenvalue weighted by atomic mass is 79.9. The molecular weight excluding hydrogens is 388 g/mol. The van der Waals surface area contributed by atoms with E-state index in [1.807, 2.05) is 30.3 Å². The van der Waals surface area contributed by atoms with Crippen molar-refractivity contribution in [2.75, 3.05) is 5.32 Å². The number of hydrogen-bond acceptors (Lipinski definition) is 5. The van der Waals surface area contributed by atoms with Gasteiger partial charge in [0.15, 0.2) is 0 Å². The Morgan fingerprint density at radius 1 is 1.24 bits per heavy atom. The minimum atomic E-state index is -0.346. The third kappa shape index (κ3) is 4.63. The van der Waals surface area contributed by atoms with E-state index in [1.165, 1.54) is 6.20 Å². The van der Waals surface area contributed by atoms with Crippen molar-refractivity contribution in [3.63, 3.8) is 0 Å². The van der Waals surface area contributed by atoms with Gasteiger partial charge in [0, 0.05) is 29.1 Å². The van der Waals surface area contributed by atoms with Crippen LogP contribution in [0.1, 0.15) is 18.7 Å². The molecule has 0 saturated heterocycles. The zero-order chi connectivity index (χ0) is 17.6. The number of H-pyrrole nitrogens is 1. The predicted octanol–water partition coefficient (Wildman–Crippen LogP) is 3.15. The highest BCUT2D eigenvalue weighted by Crippen LogP contribution is 2.18. The molecule has 8 heteroatoms. The van der Waals surface area contributed by atoms with E-state index in [-0.39, 0.29) is 23.6 Å². The summed E-state index contributed by atoms with van der Waals surface area (Å²) >= 11 is 3.24. The van der Waals surface area contributed by atoms with Crippen molar-refractivity contribution >= 4 is 27.5 Å². The number of carbonyl (C=O) groups is 1. The molecule has 3 aromatic rings. The molecule has 2 N–H and O–H groups in total. The zero-order valence-corrected chi connectivity index (χ0v) is 14.7. The van der Waals surface area contributed by atoms with Crippen LogP contribution in [0.3, 0.4) is 0 Å². The number of nitrogens with one attached hydrogen (secondary N) is 2. The lowest BCUT2D eigenvalue weighted by molar-refractivity contribution is -0.116. The number of anilines is 1. The van der Waals surface area contributed by atoms with Gasteiger partial charge in [-0.2, -0.15) is 0 Å². The molecule has 3 rings (SSSR count). The van der Waals surface area contributed by atoms with Gasteiger partial charge in [-0.05, 0) is 40.5 Å². The van der Waals surface area contributed by atoms with Gasteiger partial charge in [0.2, 0.25) is 17.7 Å². The van der Waals surface area contributed by atoms with Crippen LogP contribution in [0.25, 0.3) is 11.5 Å². The molecule has 0 fully saturated rings. The third-order valence-electron chi connectivity index (χ3n) is 3.42. The molecule has 0 atom stereocenters. The summed E-state index contributed by atoms with van der Waals surface area (Å²) in [6, 6.07) is 11.0. The van der Waals surface area contributed by atoms with Crippen LogP contribution in [-0.2, 0) is 11.2 Å². The molecule has 0 unspecified atom stereocenters. The molecule has 0 aliphatic heterocycles. The van der Waals surface area contributed by atoms with Crippen LogP contribution in [0.15, 0.2) is 56.3 Å². The van der Waals surface area contributed by atoms with Gasteiger partial charge in [0.05, 0.1) is 0 Å². The number of amides is 1. The molecule has 0 aliphatic rings. The Hall–Kier alpha value is -2.74. The summed E-state index contributed by atoms with van der Waals surface area (Å²) in [4.78, 5) is 26.1. The van der Waals surface area contributed by atoms with E-state index >= 15 is 0 Å². The van der Waals surface area contributed by atoms with Crippen LogP contribution in [0.5, 0.6) is 0 Å². The van der Waals surface area contributed by atoms with Gasteiger partial charge in [-0.1, -0.05) is 18.2 Å². The molecule has 0 aliphatic carbocycles. The Morgan fingerprint density at radius 2 is 2.04 bits per heavy atom. The highest BCUT2D eigenvalue weighted by molar-refractivity contribution is 9.10. The van der Waals surface area contributed by atoms with Gasteiger partial charge in [-0.15, -0.1) is 10.2 Å². The van der Waals surface area contributed by atoms with Crippen LogP contribution in [0.4, 0.5) is 5.69 Å². The van der Waals surface area contributed by atoms with Crippen LogP contribution in [-0.4, -0.2) is 21.1 Å². The number of benzene rings is 1. The van der Waals surface area contributed by atoms with Crippen LogP contribution in [0, 0.1) is 0 Å². The normalized spacial score (nSPS) is 10.6. The zero-order valence-electron chi connectivity index (χ0n) is 13.2. The van der Waals surface area contributed by atoms with Gasteiger partial charge in [-0.3, -0.25) is 9.59 Å². The van der Waals surface area contributed by atoms with Crippen molar-refractivity contribution in [2.24, 2.45) is 0 Å². The first-order chi connectivity index (χ1) is 12.1. The van der Waals surface area contributed by atoms with E-state index in [9.17, 15) is 9.59 Å². The number of aromatic nitrogens is 3. The van der Waals surface area contributed by atoms with Crippen molar-refractivity contribution in [2.45, 2.75) is 19.3 Å². The largest absolute Gasteiger partial charge is 0.421 e. The average molecular weight is 403 g/mol. The van der Waals surface area contributed by atoms with Crippen LogP contribution in [0.2, 0.25) is 0 Å². The van der Waals surface area contributed by atoms with Gasteiger partial charge >= 0.3 is 0 Å². The van der Waals surface area contributed by atoms with Gasteiger partial charge in [0.1, 0.15) is 5.69 Å². The number of halogens is 1. The van der Waals surface area contributed by atoms with Crippen LogP contribution < -0.4 is 10.9 Å². The molecule has 1 amide bonds. The summed E-state index contributed by atoms with van der Waals surface area (Å²) in [5.41, 5.74) is 0.720. The maximum atomic E-state index is 11.9. The number of pyridine rings is 1. The fourth-order valence-electron chi connectivity index (χ4n) is 2.22. The Bertz CT molecular complexity index is 921. The number of rotatable bonds is 6. The fraction of sp³-hybridized carbons (Fsp3) is 0.176. The van der Waals surface area contributed by atoms with E-state index in [1.54, 1.807) is 6.07 Å². The molecule has 2 heterocycles. The van der Waals surface area contributed by atoms with E-state index in [0.29, 0.717) is 29.1 Å². The average Bonchev–Trinajstić information content (AvgIpc) is 3.08. The standard InChI is InChI=1S/C17H15BrN4O3/c18-12-9-13(16(24)19-10-12)20-14(23)7-4-8-15-21-22-17(25-15)11-5-2-1-3-6-11/h1-3,5-6,9-10H,4,7-8H2,(H,19,24)(H,20,23). The molecule has 0 spiro atoms. The number of hydrogen-bond donors (Lipinski definition) is 2. The Labute approximate surface area is 151 Å². The maximum absolute atomic E-state index is 11.9. The lowest BCUT2D eigenvalue weighted by atomic mass is 10.2. The molecule has 25 heavy (non-hydrogen) atoms. The number of carbonyl (C=O) groups excluding carboxylic acids is 1. The molecular formula is C17H15BrN4O3. The summed E-state index contributed by atoms with van der Waals surface area (Å²) in [7, 11) is 0. The second-order valence-electron chi connectivity index (χ2n) is 5.33. The molecule has 0 saturated carbocycles. The van der Waals surface area contributed by atoms with E-state index in [0.717, 1.165) is 5.56 Å². The Morgan fingerprint density at radius 3 is 2.84 bits per heavy atom. The van der Waals surface area contributed by atoms with Crippen molar-refractivity contribution in [1.29, 1.82) is 0 Å². The summed E-state index contributed by atoms with van der Waals surface area (Å²) in [6.07, 6.45) is 2.78. The van der Waals surface area contributed by atoms with E-state index in [4.69, 9.17) is 4.42 Å². The molecule has 7 nitrogen and oxygen atoms in total. The van der Waals surface area contributed by atoms with Crippen molar-refractivity contribution in [1.82, 2.24) is 15.2 Å². The Balaban J connectivity index is 1.51. The van der Waals surface area contributed by atoms with Crippen molar-refractivity contribution < 1.29 is 9.21 Å². The maximum Gasteiger partial charge on any atom is 0.271 e. The van der Waals surface area contributed by atoms with Crippen molar-refractivity contribution in [3.8, 4) is 11.5 Å². The third-order valence-corrected chi connectivity index (χ3v) is 3.88. The Kier molecular flexibility index (Phi) is 5.39. The van der Waals surface area contributed by atoms with Crippen molar-refractivity contribution in [3.05, 3.63) is 63.3 Å². The molecule has 0 radical (unpaired) electrons. The first kappa shape index (κ1) is 17.1. The molecule has 2 aromatic heterocycles. The monoisotopic (exact) mass is 402 g/mol. The first-order valence-corrected chi connectivity index (χ1v) is 8.47. The lowest BCUT2D eigenvalue weighted by Crippen LogP contribution is -2.19. The molecule has 0 bridgehead atoms. The predicted molar refractivity (Wildman–Crippen MR) is 96.1 cm³/mol. The quantitative estimate of drug-likeness (QED) is 0.659. The number of aromatic amines is 1. The summed E-state index contributed by atoms with van der Waals surface area (Å²) in [5.74, 6) is 0.694. The lowest BCUT2D eigenvalue weighted by Gasteiger charge is -2.03. The minimum absolute atomic E-state index is 0.212. The van der Waals surface area contributed by atoms with Crippen LogP contribution >= 0.6 is 15.9 Å². The molecule has 128 valence electrons. The summed E-state index contributed by atoms with van der Waals surface area (Å²) in [6.45, 7) is 0.